The second-order valence-corrected chi connectivity index (χ2v) is 6.48. The van der Waals surface area contributed by atoms with Crippen molar-refractivity contribution in [3.63, 3.8) is 0 Å². The first-order chi connectivity index (χ1) is 13.1. The predicted octanol–water partition coefficient (Wildman–Crippen LogP) is 3.58. The Bertz CT molecular complexity index is 843. The number of nitrogens with one attached hydrogen (secondary N) is 1. The Kier molecular flexibility index (Phi) is 6.82. The van der Waals surface area contributed by atoms with Gasteiger partial charge in [-0.3, -0.25) is 9.59 Å². The molecule has 0 aliphatic carbocycles. The normalized spacial score (nSPS) is 11.5. The van der Waals surface area contributed by atoms with E-state index in [4.69, 9.17) is 5.11 Å². The quantitative estimate of drug-likeness (QED) is 0.667. The summed E-state index contributed by atoms with van der Waals surface area (Å²) in [6.45, 7) is 3.60. The highest BCUT2D eigenvalue weighted by Crippen LogP contribution is 2.21. The monoisotopic (exact) mass is 397 g/mol. The molecular weight excluding hydrogens is 375 g/mol. The first-order valence-electron chi connectivity index (χ1n) is 8.81. The van der Waals surface area contributed by atoms with Crippen LogP contribution < -0.4 is 5.32 Å². The molecule has 0 saturated carbocycles. The summed E-state index contributed by atoms with van der Waals surface area (Å²) in [4.78, 5) is 22.8. The highest BCUT2D eigenvalue weighted by molar-refractivity contribution is 5.94. The van der Waals surface area contributed by atoms with E-state index in [1.165, 1.54) is 0 Å². The maximum Gasteiger partial charge on any atom is 0.389 e. The van der Waals surface area contributed by atoms with Crippen molar-refractivity contribution in [2.24, 2.45) is 0 Å². The summed E-state index contributed by atoms with van der Waals surface area (Å²) in [6.07, 6.45) is -4.94. The van der Waals surface area contributed by atoms with Gasteiger partial charge in [-0.2, -0.15) is 18.3 Å². The van der Waals surface area contributed by atoms with Crippen LogP contribution in [-0.4, -0.2) is 39.5 Å². The predicted molar refractivity (Wildman–Crippen MR) is 96.6 cm³/mol. The number of aliphatic carboxylic acids is 1. The number of halogens is 3. The summed E-state index contributed by atoms with van der Waals surface area (Å²) in [5.41, 5.74) is 3.47. The summed E-state index contributed by atoms with van der Waals surface area (Å²) < 4.78 is 38.0. The van der Waals surface area contributed by atoms with Crippen molar-refractivity contribution in [2.45, 2.75) is 45.7 Å². The third-order valence-electron chi connectivity index (χ3n) is 4.33. The Labute approximate surface area is 160 Å². The van der Waals surface area contributed by atoms with Gasteiger partial charge in [-0.25, -0.2) is 4.68 Å². The number of rotatable bonds is 8. The fourth-order valence-corrected chi connectivity index (χ4v) is 2.87. The molecule has 0 bridgehead atoms. The summed E-state index contributed by atoms with van der Waals surface area (Å²) in [7, 11) is 0. The van der Waals surface area contributed by atoms with Crippen LogP contribution in [0.5, 0.6) is 0 Å². The second-order valence-electron chi connectivity index (χ2n) is 6.48. The Hall–Kier alpha value is -2.84. The van der Waals surface area contributed by atoms with E-state index in [2.05, 4.69) is 10.4 Å². The largest absolute Gasteiger partial charge is 0.481 e. The SMILES string of the molecule is Cc1nn(-c2ccc(C(=O)NCCCC(F)(F)F)cc2)c(C)c1CCC(=O)O. The molecule has 1 amide bonds. The number of carbonyl (C=O) groups is 2. The molecule has 0 aliphatic rings. The lowest BCUT2D eigenvalue weighted by molar-refractivity contribution is -0.137. The Morgan fingerprint density at radius 2 is 1.82 bits per heavy atom. The fraction of sp³-hybridized carbons (Fsp3) is 0.421. The number of carbonyl (C=O) groups excluding carboxylic acids is 1. The van der Waals surface area contributed by atoms with E-state index >= 15 is 0 Å². The van der Waals surface area contributed by atoms with Crippen LogP contribution in [0, 0.1) is 13.8 Å². The van der Waals surface area contributed by atoms with Crippen molar-refractivity contribution in [1.82, 2.24) is 15.1 Å². The first-order valence-corrected chi connectivity index (χ1v) is 8.81. The van der Waals surface area contributed by atoms with E-state index in [0.29, 0.717) is 17.7 Å². The van der Waals surface area contributed by atoms with Crippen LogP contribution in [0.15, 0.2) is 24.3 Å². The molecule has 2 aromatic rings. The zero-order valence-electron chi connectivity index (χ0n) is 15.6. The zero-order chi connectivity index (χ0) is 20.9. The van der Waals surface area contributed by atoms with Crippen molar-refractivity contribution in [2.75, 3.05) is 6.54 Å². The first kappa shape index (κ1) is 21.5. The summed E-state index contributed by atoms with van der Waals surface area (Å²) in [5.74, 6) is -1.32. The van der Waals surface area contributed by atoms with Crippen molar-refractivity contribution >= 4 is 11.9 Å². The van der Waals surface area contributed by atoms with E-state index in [1.54, 1.807) is 28.9 Å². The molecule has 2 N–H and O–H groups in total. The number of hydrogen-bond acceptors (Lipinski definition) is 3. The summed E-state index contributed by atoms with van der Waals surface area (Å²) >= 11 is 0. The van der Waals surface area contributed by atoms with E-state index in [0.717, 1.165) is 17.0 Å². The average Bonchev–Trinajstić information content (AvgIpc) is 2.90. The molecule has 0 atom stereocenters. The van der Waals surface area contributed by atoms with Gasteiger partial charge in [0.15, 0.2) is 0 Å². The molecule has 0 spiro atoms. The standard InChI is InChI=1S/C19H22F3N3O3/c1-12-16(8-9-17(26)27)13(2)25(24-12)15-6-4-14(5-7-15)18(28)23-11-3-10-19(20,21)22/h4-7H,3,8-11H2,1-2H3,(H,23,28)(H,26,27). The molecular formula is C19H22F3N3O3. The molecule has 0 fully saturated rings. The minimum Gasteiger partial charge on any atom is -0.481 e. The minimum atomic E-state index is -4.23. The van der Waals surface area contributed by atoms with Crippen molar-refractivity contribution in [3.8, 4) is 5.69 Å². The molecule has 9 heteroatoms. The number of amides is 1. The lowest BCUT2D eigenvalue weighted by atomic mass is 10.1. The van der Waals surface area contributed by atoms with Crippen LogP contribution in [0.3, 0.4) is 0 Å². The lowest BCUT2D eigenvalue weighted by Gasteiger charge is -2.09. The molecule has 28 heavy (non-hydrogen) atoms. The molecule has 1 heterocycles. The van der Waals surface area contributed by atoms with Gasteiger partial charge in [-0.15, -0.1) is 0 Å². The Morgan fingerprint density at radius 3 is 2.39 bits per heavy atom. The van der Waals surface area contributed by atoms with Crippen LogP contribution in [0.4, 0.5) is 13.2 Å². The van der Waals surface area contributed by atoms with Gasteiger partial charge < -0.3 is 10.4 Å². The fourth-order valence-electron chi connectivity index (χ4n) is 2.87. The van der Waals surface area contributed by atoms with Crippen molar-refractivity contribution in [1.29, 1.82) is 0 Å². The lowest BCUT2D eigenvalue weighted by Crippen LogP contribution is -2.25. The molecule has 0 saturated heterocycles. The number of carboxylic acid groups (broad SMARTS) is 1. The van der Waals surface area contributed by atoms with Crippen molar-refractivity contribution < 1.29 is 27.9 Å². The third-order valence-corrected chi connectivity index (χ3v) is 4.33. The third kappa shape index (κ3) is 5.83. The van der Waals surface area contributed by atoms with Gasteiger partial charge in [-0.1, -0.05) is 0 Å². The van der Waals surface area contributed by atoms with Crippen molar-refractivity contribution in [3.05, 3.63) is 46.8 Å². The molecule has 0 unspecified atom stereocenters. The molecule has 152 valence electrons. The van der Waals surface area contributed by atoms with Crippen LogP contribution in [0.2, 0.25) is 0 Å². The van der Waals surface area contributed by atoms with E-state index < -0.39 is 24.5 Å². The van der Waals surface area contributed by atoms with Crippen LogP contribution in [0.25, 0.3) is 5.69 Å². The minimum absolute atomic E-state index is 0.0147. The highest BCUT2D eigenvalue weighted by atomic mass is 19.4. The number of aryl methyl sites for hydroxylation is 1. The number of carboxylic acids is 1. The maximum absolute atomic E-state index is 12.1. The second kappa shape index (κ2) is 8.90. The van der Waals surface area contributed by atoms with Gasteiger partial charge >= 0.3 is 12.1 Å². The molecule has 2 rings (SSSR count). The molecule has 0 aliphatic heterocycles. The zero-order valence-corrected chi connectivity index (χ0v) is 15.6. The maximum atomic E-state index is 12.1. The Morgan fingerprint density at radius 1 is 1.18 bits per heavy atom. The molecule has 1 aromatic carbocycles. The highest BCUT2D eigenvalue weighted by Gasteiger charge is 2.26. The van der Waals surface area contributed by atoms with Gasteiger partial charge in [0.2, 0.25) is 0 Å². The number of aromatic nitrogens is 2. The van der Waals surface area contributed by atoms with Crippen LogP contribution >= 0.6 is 0 Å². The van der Waals surface area contributed by atoms with E-state index in [1.807, 2.05) is 13.8 Å². The van der Waals surface area contributed by atoms with Gasteiger partial charge in [0, 0.05) is 30.6 Å². The number of hydrogen-bond donors (Lipinski definition) is 2. The van der Waals surface area contributed by atoms with E-state index in [9.17, 15) is 22.8 Å². The van der Waals surface area contributed by atoms with Gasteiger partial charge in [0.25, 0.3) is 5.91 Å². The molecule has 1 aromatic heterocycles. The van der Waals surface area contributed by atoms with E-state index in [-0.39, 0.29) is 19.4 Å². The number of alkyl halides is 3. The van der Waals surface area contributed by atoms with Crippen LogP contribution in [0.1, 0.15) is 46.6 Å². The van der Waals surface area contributed by atoms with Gasteiger partial charge in [-0.05, 0) is 56.5 Å². The van der Waals surface area contributed by atoms with Crippen LogP contribution in [-0.2, 0) is 11.2 Å². The molecule has 0 radical (unpaired) electrons. The Balaban J connectivity index is 2.03. The summed E-state index contributed by atoms with van der Waals surface area (Å²) in [5, 5.41) is 15.8. The smallest absolute Gasteiger partial charge is 0.389 e. The topological polar surface area (TPSA) is 84.2 Å². The number of benzene rings is 1. The van der Waals surface area contributed by atoms with Gasteiger partial charge in [0.1, 0.15) is 0 Å². The van der Waals surface area contributed by atoms with Gasteiger partial charge in [0.05, 0.1) is 11.4 Å². The summed E-state index contributed by atoms with van der Waals surface area (Å²) in [6, 6.07) is 6.51. The molecule has 6 nitrogen and oxygen atoms in total. The number of nitrogens with zero attached hydrogens (tertiary/aromatic N) is 2. The average molecular weight is 397 g/mol.